The summed E-state index contributed by atoms with van der Waals surface area (Å²) in [5, 5.41) is 16.9. The highest BCUT2D eigenvalue weighted by molar-refractivity contribution is 5.84. The van der Waals surface area contributed by atoms with Crippen LogP contribution in [0.5, 0.6) is 0 Å². The fourth-order valence-electron chi connectivity index (χ4n) is 0.834. The van der Waals surface area contributed by atoms with Gasteiger partial charge in [0.15, 0.2) is 0 Å². The summed E-state index contributed by atoms with van der Waals surface area (Å²) in [6.45, 7) is 1.28. The van der Waals surface area contributed by atoms with E-state index in [0.717, 1.165) is 0 Å². The van der Waals surface area contributed by atoms with Gasteiger partial charge in [0.25, 0.3) is 0 Å². The standard InChI is InChI=1S/C9H12O7/c1-5(10)2-3-8(13)16-6(9(14)15)4-7(11)12/h6H,2-4H2,1H3,(H,11,12)(H,14,15). The third kappa shape index (κ3) is 6.52. The number of ketones is 1. The van der Waals surface area contributed by atoms with Gasteiger partial charge in [0.2, 0.25) is 6.10 Å². The molecule has 2 N–H and O–H groups in total. The van der Waals surface area contributed by atoms with E-state index in [1.807, 2.05) is 0 Å². The number of hydrogen-bond donors (Lipinski definition) is 2. The fraction of sp³-hybridized carbons (Fsp3) is 0.556. The quantitative estimate of drug-likeness (QED) is 0.584. The van der Waals surface area contributed by atoms with Crippen molar-refractivity contribution in [1.29, 1.82) is 0 Å². The molecule has 0 heterocycles. The minimum atomic E-state index is -1.71. The summed E-state index contributed by atoms with van der Waals surface area (Å²) in [5.41, 5.74) is 0. The van der Waals surface area contributed by atoms with Gasteiger partial charge in [-0.05, 0) is 6.92 Å². The molecule has 1 atom stereocenters. The van der Waals surface area contributed by atoms with E-state index in [0.29, 0.717) is 0 Å². The molecule has 7 nitrogen and oxygen atoms in total. The molecule has 0 aliphatic rings. The van der Waals surface area contributed by atoms with Gasteiger partial charge in [-0.25, -0.2) is 4.79 Å². The average molecular weight is 232 g/mol. The zero-order valence-electron chi connectivity index (χ0n) is 8.63. The molecule has 0 fully saturated rings. The molecular formula is C9H12O7. The van der Waals surface area contributed by atoms with E-state index in [9.17, 15) is 19.2 Å². The number of hydrogen-bond acceptors (Lipinski definition) is 5. The van der Waals surface area contributed by atoms with Gasteiger partial charge in [-0.15, -0.1) is 0 Å². The Labute approximate surface area is 91.0 Å². The van der Waals surface area contributed by atoms with E-state index in [1.54, 1.807) is 0 Å². The summed E-state index contributed by atoms with van der Waals surface area (Å²) in [5.74, 6) is -4.05. The Hall–Kier alpha value is -1.92. The number of carboxylic acid groups (broad SMARTS) is 2. The van der Waals surface area contributed by atoms with Crippen LogP contribution in [-0.2, 0) is 23.9 Å². The van der Waals surface area contributed by atoms with E-state index in [-0.39, 0.29) is 18.6 Å². The van der Waals surface area contributed by atoms with Crippen molar-refractivity contribution in [3.63, 3.8) is 0 Å². The zero-order chi connectivity index (χ0) is 12.7. The molecule has 7 heteroatoms. The lowest BCUT2D eigenvalue weighted by atomic mass is 10.2. The second-order valence-corrected chi connectivity index (χ2v) is 3.12. The van der Waals surface area contributed by atoms with Crippen LogP contribution in [0.15, 0.2) is 0 Å². The maximum atomic E-state index is 11.0. The summed E-state index contributed by atoms with van der Waals surface area (Å²) >= 11 is 0. The second kappa shape index (κ2) is 6.54. The third-order valence-corrected chi connectivity index (χ3v) is 1.59. The minimum Gasteiger partial charge on any atom is -0.481 e. The Morgan fingerprint density at radius 1 is 1.12 bits per heavy atom. The molecule has 0 aromatic heterocycles. The predicted molar refractivity (Wildman–Crippen MR) is 49.7 cm³/mol. The molecular weight excluding hydrogens is 220 g/mol. The lowest BCUT2D eigenvalue weighted by Crippen LogP contribution is -2.29. The SMILES string of the molecule is CC(=O)CCC(=O)OC(CC(=O)O)C(=O)O. The fourth-order valence-corrected chi connectivity index (χ4v) is 0.834. The summed E-state index contributed by atoms with van der Waals surface area (Å²) in [6, 6.07) is 0. The maximum Gasteiger partial charge on any atom is 0.345 e. The monoisotopic (exact) mass is 232 g/mol. The van der Waals surface area contributed by atoms with Crippen LogP contribution < -0.4 is 0 Å². The molecule has 0 aliphatic heterocycles. The molecule has 0 radical (unpaired) electrons. The van der Waals surface area contributed by atoms with Crippen LogP contribution in [0.2, 0.25) is 0 Å². The van der Waals surface area contributed by atoms with Gasteiger partial charge < -0.3 is 19.7 Å². The van der Waals surface area contributed by atoms with Gasteiger partial charge in [-0.3, -0.25) is 9.59 Å². The highest BCUT2D eigenvalue weighted by Crippen LogP contribution is 2.03. The van der Waals surface area contributed by atoms with Crippen LogP contribution in [0.1, 0.15) is 26.2 Å². The summed E-state index contributed by atoms with van der Waals surface area (Å²) < 4.78 is 4.40. The van der Waals surface area contributed by atoms with E-state index in [2.05, 4.69) is 4.74 Å². The molecule has 0 spiro atoms. The minimum absolute atomic E-state index is 0.0573. The molecule has 0 aromatic rings. The number of carboxylic acids is 2. The van der Waals surface area contributed by atoms with Gasteiger partial charge in [0.05, 0.1) is 12.8 Å². The second-order valence-electron chi connectivity index (χ2n) is 3.12. The van der Waals surface area contributed by atoms with Crippen molar-refractivity contribution < 1.29 is 34.1 Å². The number of esters is 1. The van der Waals surface area contributed by atoms with Crippen LogP contribution in [-0.4, -0.2) is 40.0 Å². The van der Waals surface area contributed by atoms with Gasteiger partial charge in [-0.1, -0.05) is 0 Å². The lowest BCUT2D eigenvalue weighted by Gasteiger charge is -2.10. The molecule has 0 aromatic carbocycles. The first kappa shape index (κ1) is 14.1. The topological polar surface area (TPSA) is 118 Å². The van der Waals surface area contributed by atoms with Crippen molar-refractivity contribution in [2.24, 2.45) is 0 Å². The average Bonchev–Trinajstić information content (AvgIpc) is 2.12. The highest BCUT2D eigenvalue weighted by atomic mass is 16.6. The molecule has 90 valence electrons. The molecule has 0 rings (SSSR count). The Morgan fingerprint density at radius 2 is 1.69 bits per heavy atom. The number of carbonyl (C=O) groups is 4. The van der Waals surface area contributed by atoms with E-state index in [1.165, 1.54) is 6.92 Å². The van der Waals surface area contributed by atoms with Crippen LogP contribution in [0, 0.1) is 0 Å². The first-order chi connectivity index (χ1) is 7.32. The first-order valence-corrected chi connectivity index (χ1v) is 4.46. The Balaban J connectivity index is 4.18. The van der Waals surface area contributed by atoms with Crippen LogP contribution in [0.4, 0.5) is 0 Å². The van der Waals surface area contributed by atoms with Crippen molar-refractivity contribution in [3.8, 4) is 0 Å². The van der Waals surface area contributed by atoms with E-state index < -0.39 is 30.4 Å². The molecule has 0 saturated heterocycles. The lowest BCUT2D eigenvalue weighted by molar-refractivity contribution is -0.167. The summed E-state index contributed by atoms with van der Waals surface area (Å²) in [6.07, 6.45) is -2.82. The van der Waals surface area contributed by atoms with E-state index in [4.69, 9.17) is 10.2 Å². The van der Waals surface area contributed by atoms with E-state index >= 15 is 0 Å². The third-order valence-electron chi connectivity index (χ3n) is 1.59. The summed E-state index contributed by atoms with van der Waals surface area (Å²) in [7, 11) is 0. The maximum absolute atomic E-state index is 11.0. The Morgan fingerprint density at radius 3 is 2.06 bits per heavy atom. The predicted octanol–water partition coefficient (Wildman–Crippen LogP) is -0.173. The van der Waals surface area contributed by atoms with Crippen molar-refractivity contribution in [1.82, 2.24) is 0 Å². The number of Topliss-reactive ketones (excluding diaryl/α,β-unsaturated/α-hetero) is 1. The van der Waals surface area contributed by atoms with Crippen molar-refractivity contribution >= 4 is 23.7 Å². The zero-order valence-corrected chi connectivity index (χ0v) is 8.63. The van der Waals surface area contributed by atoms with Crippen LogP contribution in [0.3, 0.4) is 0 Å². The molecule has 0 saturated carbocycles. The normalized spacial score (nSPS) is 11.6. The smallest absolute Gasteiger partial charge is 0.345 e. The van der Waals surface area contributed by atoms with Gasteiger partial charge in [0, 0.05) is 6.42 Å². The number of rotatable bonds is 7. The van der Waals surface area contributed by atoms with Crippen molar-refractivity contribution in [3.05, 3.63) is 0 Å². The molecule has 0 bridgehead atoms. The molecule has 0 aliphatic carbocycles. The first-order valence-electron chi connectivity index (χ1n) is 4.46. The van der Waals surface area contributed by atoms with Gasteiger partial charge >= 0.3 is 17.9 Å². The van der Waals surface area contributed by atoms with Crippen molar-refractivity contribution in [2.75, 3.05) is 0 Å². The summed E-state index contributed by atoms with van der Waals surface area (Å²) in [4.78, 5) is 42.3. The highest BCUT2D eigenvalue weighted by Gasteiger charge is 2.25. The largest absolute Gasteiger partial charge is 0.481 e. The van der Waals surface area contributed by atoms with Gasteiger partial charge in [-0.2, -0.15) is 0 Å². The van der Waals surface area contributed by atoms with Crippen molar-refractivity contribution in [2.45, 2.75) is 32.3 Å². The molecule has 0 amide bonds. The molecule has 16 heavy (non-hydrogen) atoms. The number of carbonyl (C=O) groups excluding carboxylic acids is 2. The van der Waals surface area contributed by atoms with Crippen LogP contribution >= 0.6 is 0 Å². The molecule has 1 unspecified atom stereocenters. The van der Waals surface area contributed by atoms with Gasteiger partial charge in [0.1, 0.15) is 5.78 Å². The Bertz CT molecular complexity index is 307. The number of aliphatic carboxylic acids is 2. The Kier molecular flexibility index (Phi) is 5.76. The number of ether oxygens (including phenoxy) is 1. The van der Waals surface area contributed by atoms with Crippen LogP contribution in [0.25, 0.3) is 0 Å².